The second-order valence-corrected chi connectivity index (χ2v) is 7.19. The zero-order chi connectivity index (χ0) is 17.2. The maximum atomic E-state index is 6.20. The minimum atomic E-state index is 0.295. The molecular weight excluding hydrogens is 380 g/mol. The average molecular weight is 401 g/mol. The Morgan fingerprint density at radius 1 is 1.16 bits per heavy atom. The van der Waals surface area contributed by atoms with Crippen molar-refractivity contribution in [2.75, 3.05) is 6.61 Å². The fourth-order valence-electron chi connectivity index (χ4n) is 3.34. The summed E-state index contributed by atoms with van der Waals surface area (Å²) in [6.07, 6.45) is 5.02. The number of aromatic nitrogens is 2. The summed E-state index contributed by atoms with van der Waals surface area (Å²) in [6.45, 7) is 2.59. The molecule has 0 amide bonds. The minimum Gasteiger partial charge on any atom is -0.490 e. The van der Waals surface area contributed by atoms with Gasteiger partial charge in [0.25, 0.3) is 0 Å². The van der Waals surface area contributed by atoms with Crippen LogP contribution < -0.4 is 9.47 Å². The largest absolute Gasteiger partial charge is 0.490 e. The van der Waals surface area contributed by atoms with Gasteiger partial charge in [0.15, 0.2) is 11.5 Å². The second-order valence-electron chi connectivity index (χ2n) is 6.34. The average Bonchev–Trinajstić information content (AvgIpc) is 3.26. The number of halogens is 1. The van der Waals surface area contributed by atoms with Crippen LogP contribution in [0.15, 0.2) is 40.9 Å². The number of hydrogen-bond acceptors (Lipinski definition) is 3. The van der Waals surface area contributed by atoms with Crippen LogP contribution in [0, 0.1) is 0 Å². The molecule has 1 aromatic heterocycles. The first-order valence-electron chi connectivity index (χ1n) is 8.82. The summed E-state index contributed by atoms with van der Waals surface area (Å²) >= 11 is 3.68. The molecule has 25 heavy (non-hydrogen) atoms. The molecule has 4 nitrogen and oxygen atoms in total. The van der Waals surface area contributed by atoms with Crippen LogP contribution in [-0.2, 0) is 0 Å². The normalized spacial score (nSPS) is 15.0. The van der Waals surface area contributed by atoms with Crippen LogP contribution in [0.25, 0.3) is 22.4 Å². The van der Waals surface area contributed by atoms with Crippen molar-refractivity contribution in [1.82, 2.24) is 9.97 Å². The van der Waals surface area contributed by atoms with Crippen molar-refractivity contribution in [2.45, 2.75) is 38.7 Å². The van der Waals surface area contributed by atoms with E-state index in [1.54, 1.807) is 0 Å². The molecule has 1 N–H and O–H groups in total. The first-order valence-corrected chi connectivity index (χ1v) is 9.62. The van der Waals surface area contributed by atoms with Crippen molar-refractivity contribution >= 4 is 27.0 Å². The Morgan fingerprint density at radius 3 is 2.72 bits per heavy atom. The van der Waals surface area contributed by atoms with Gasteiger partial charge in [-0.15, -0.1) is 0 Å². The number of nitrogens with one attached hydrogen (secondary N) is 1. The van der Waals surface area contributed by atoms with Crippen molar-refractivity contribution in [3.8, 4) is 22.9 Å². The van der Waals surface area contributed by atoms with E-state index in [1.807, 2.05) is 43.3 Å². The number of fused-ring (bicyclic) bond motifs is 1. The molecule has 4 rings (SSSR count). The van der Waals surface area contributed by atoms with Gasteiger partial charge in [0.1, 0.15) is 5.82 Å². The summed E-state index contributed by atoms with van der Waals surface area (Å²) in [6, 6.07) is 12.0. The molecule has 1 aliphatic rings. The lowest BCUT2D eigenvalue weighted by atomic mass is 10.2. The molecule has 0 unspecified atom stereocenters. The van der Waals surface area contributed by atoms with Crippen molar-refractivity contribution in [3.05, 3.63) is 40.9 Å². The third kappa shape index (κ3) is 3.38. The van der Waals surface area contributed by atoms with Gasteiger partial charge in [0.05, 0.1) is 23.7 Å². The number of benzene rings is 2. The number of ether oxygens (including phenoxy) is 2. The fraction of sp³-hybridized carbons (Fsp3) is 0.350. The van der Waals surface area contributed by atoms with Crippen molar-refractivity contribution in [3.63, 3.8) is 0 Å². The van der Waals surface area contributed by atoms with Gasteiger partial charge in [-0.1, -0.05) is 12.1 Å². The lowest BCUT2D eigenvalue weighted by Crippen LogP contribution is -2.12. The topological polar surface area (TPSA) is 47.1 Å². The lowest BCUT2D eigenvalue weighted by molar-refractivity contribution is 0.196. The molecule has 5 heteroatoms. The van der Waals surface area contributed by atoms with Gasteiger partial charge in [0, 0.05) is 10.0 Å². The molecule has 3 aromatic rings. The van der Waals surface area contributed by atoms with Gasteiger partial charge in [-0.25, -0.2) is 4.98 Å². The number of para-hydroxylation sites is 2. The molecular formula is C20H21BrN2O2. The van der Waals surface area contributed by atoms with E-state index < -0.39 is 0 Å². The third-order valence-corrected chi connectivity index (χ3v) is 5.23. The summed E-state index contributed by atoms with van der Waals surface area (Å²) in [4.78, 5) is 8.07. The maximum Gasteiger partial charge on any atom is 0.162 e. The Bertz CT molecular complexity index is 852. The highest BCUT2D eigenvalue weighted by Gasteiger charge is 2.21. The van der Waals surface area contributed by atoms with Crippen LogP contribution in [0.3, 0.4) is 0 Å². The van der Waals surface area contributed by atoms with Crippen LogP contribution in [0.2, 0.25) is 0 Å². The number of H-pyrrole nitrogens is 1. The summed E-state index contributed by atoms with van der Waals surface area (Å²) in [5.41, 5.74) is 2.95. The predicted molar refractivity (Wildman–Crippen MR) is 103 cm³/mol. The maximum absolute atomic E-state index is 6.20. The summed E-state index contributed by atoms with van der Waals surface area (Å²) < 4.78 is 13.0. The monoisotopic (exact) mass is 400 g/mol. The third-order valence-electron chi connectivity index (χ3n) is 4.57. The highest BCUT2D eigenvalue weighted by atomic mass is 79.9. The number of aromatic amines is 1. The molecule has 1 fully saturated rings. The van der Waals surface area contributed by atoms with Gasteiger partial charge in [-0.05, 0) is 72.8 Å². The molecule has 0 atom stereocenters. The van der Waals surface area contributed by atoms with Crippen LogP contribution >= 0.6 is 15.9 Å². The van der Waals surface area contributed by atoms with E-state index in [2.05, 4.69) is 20.9 Å². The van der Waals surface area contributed by atoms with E-state index in [4.69, 9.17) is 14.5 Å². The smallest absolute Gasteiger partial charge is 0.162 e. The van der Waals surface area contributed by atoms with Crippen LogP contribution in [0.4, 0.5) is 0 Å². The Labute approximate surface area is 155 Å². The number of hydrogen-bond donors (Lipinski definition) is 1. The van der Waals surface area contributed by atoms with E-state index in [9.17, 15) is 0 Å². The minimum absolute atomic E-state index is 0.295. The molecule has 0 aliphatic heterocycles. The van der Waals surface area contributed by atoms with Crippen molar-refractivity contribution < 1.29 is 9.47 Å². The molecule has 0 bridgehead atoms. The summed E-state index contributed by atoms with van der Waals surface area (Å²) in [5, 5.41) is 0. The number of nitrogens with zero attached hydrogens (tertiary/aromatic N) is 1. The number of rotatable bonds is 5. The Kier molecular flexibility index (Phi) is 4.66. The second kappa shape index (κ2) is 7.08. The quantitative estimate of drug-likeness (QED) is 0.596. The van der Waals surface area contributed by atoms with Crippen molar-refractivity contribution in [2.24, 2.45) is 0 Å². The molecule has 0 saturated heterocycles. The molecule has 0 spiro atoms. The SMILES string of the molecule is CCOc1cc(-c2nc3ccccc3[nH]2)c(Br)cc1OC1CCCC1. The zero-order valence-electron chi connectivity index (χ0n) is 14.2. The summed E-state index contributed by atoms with van der Waals surface area (Å²) in [5.74, 6) is 2.40. The molecule has 0 radical (unpaired) electrons. The van der Waals surface area contributed by atoms with Crippen LogP contribution in [0.1, 0.15) is 32.6 Å². The summed E-state index contributed by atoms with van der Waals surface area (Å²) in [7, 11) is 0. The molecule has 1 heterocycles. The fourth-order valence-corrected chi connectivity index (χ4v) is 3.85. The Hall–Kier alpha value is -2.01. The van der Waals surface area contributed by atoms with Crippen LogP contribution in [-0.4, -0.2) is 22.7 Å². The first kappa shape index (κ1) is 16.5. The van der Waals surface area contributed by atoms with Gasteiger partial charge in [-0.3, -0.25) is 0 Å². The Morgan fingerprint density at radius 2 is 1.96 bits per heavy atom. The van der Waals surface area contributed by atoms with Gasteiger partial charge in [-0.2, -0.15) is 0 Å². The zero-order valence-corrected chi connectivity index (χ0v) is 15.8. The Balaban J connectivity index is 1.73. The van der Waals surface area contributed by atoms with E-state index in [1.165, 1.54) is 12.8 Å². The first-order chi connectivity index (χ1) is 12.2. The van der Waals surface area contributed by atoms with Crippen LogP contribution in [0.5, 0.6) is 11.5 Å². The molecule has 1 aliphatic carbocycles. The van der Waals surface area contributed by atoms with Gasteiger partial charge < -0.3 is 14.5 Å². The highest BCUT2D eigenvalue weighted by molar-refractivity contribution is 9.10. The number of imidazole rings is 1. The van der Waals surface area contributed by atoms with Gasteiger partial charge >= 0.3 is 0 Å². The van der Waals surface area contributed by atoms with Crippen molar-refractivity contribution in [1.29, 1.82) is 0 Å². The van der Waals surface area contributed by atoms with E-state index in [0.717, 1.165) is 51.2 Å². The highest BCUT2D eigenvalue weighted by Crippen LogP contribution is 2.40. The van der Waals surface area contributed by atoms with Gasteiger partial charge in [0.2, 0.25) is 0 Å². The van der Waals surface area contributed by atoms with E-state index in [-0.39, 0.29) is 0 Å². The molecule has 130 valence electrons. The molecule has 1 saturated carbocycles. The standard InChI is InChI=1S/C20H21BrN2O2/c1-2-24-18-11-14(20-22-16-9-5-6-10-17(16)23-20)15(21)12-19(18)25-13-7-3-4-8-13/h5-6,9-13H,2-4,7-8H2,1H3,(H,22,23). The van der Waals surface area contributed by atoms with E-state index >= 15 is 0 Å². The lowest BCUT2D eigenvalue weighted by Gasteiger charge is -2.18. The predicted octanol–water partition coefficient (Wildman–Crippen LogP) is 5.71. The van der Waals surface area contributed by atoms with E-state index in [0.29, 0.717) is 12.7 Å². The molecule has 2 aromatic carbocycles.